The van der Waals surface area contributed by atoms with Crippen LogP contribution in [0.5, 0.6) is 0 Å². The summed E-state index contributed by atoms with van der Waals surface area (Å²) in [7, 11) is 1.86. The second kappa shape index (κ2) is 5.88. The van der Waals surface area contributed by atoms with Crippen molar-refractivity contribution in [3.63, 3.8) is 0 Å². The van der Waals surface area contributed by atoms with Gasteiger partial charge in [-0.15, -0.1) is 0 Å². The molecule has 0 radical (unpaired) electrons. The summed E-state index contributed by atoms with van der Waals surface area (Å²) < 4.78 is 5.22. The predicted octanol–water partition coefficient (Wildman–Crippen LogP) is 2.88. The third-order valence-electron chi connectivity index (χ3n) is 2.74. The summed E-state index contributed by atoms with van der Waals surface area (Å²) in [5.41, 5.74) is 1.71. The predicted molar refractivity (Wildman–Crippen MR) is 83.3 cm³/mol. The molecule has 0 aromatic carbocycles. The van der Waals surface area contributed by atoms with Crippen LogP contribution < -0.4 is 5.56 Å². The van der Waals surface area contributed by atoms with Gasteiger partial charge in [-0.05, 0) is 54.2 Å². The maximum Gasteiger partial charge on any atom is 0.282 e. The number of hydrogen-bond acceptors (Lipinski definition) is 3. The van der Waals surface area contributed by atoms with Crippen LogP contribution in [-0.4, -0.2) is 19.6 Å². The fourth-order valence-corrected chi connectivity index (χ4v) is 3.00. The number of aromatic nitrogens is 4. The highest BCUT2D eigenvalue weighted by Gasteiger charge is 2.15. The van der Waals surface area contributed by atoms with Gasteiger partial charge >= 0.3 is 0 Å². The summed E-state index contributed by atoms with van der Waals surface area (Å²) in [5, 5.41) is 8.52. The molecule has 2 heterocycles. The molecule has 2 rings (SSSR count). The van der Waals surface area contributed by atoms with E-state index < -0.39 is 0 Å². The average molecular weight is 455 g/mol. The number of hydrogen-bond donors (Lipinski definition) is 0. The normalized spacial score (nSPS) is 11.0. The van der Waals surface area contributed by atoms with Crippen molar-refractivity contribution >= 4 is 47.8 Å². The van der Waals surface area contributed by atoms with Gasteiger partial charge in [0.05, 0.1) is 33.1 Å². The quantitative estimate of drug-likeness (QED) is 0.716. The Kier molecular flexibility index (Phi) is 4.62. The molecular weight excluding hydrogens is 444 g/mol. The molecule has 0 atom stereocenters. The van der Waals surface area contributed by atoms with Crippen LogP contribution in [0.15, 0.2) is 24.4 Å². The van der Waals surface area contributed by atoms with E-state index in [4.69, 9.17) is 0 Å². The maximum atomic E-state index is 12.1. The van der Waals surface area contributed by atoms with Crippen molar-refractivity contribution in [3.8, 4) is 0 Å². The molecule has 0 aliphatic carbocycles. The van der Waals surface area contributed by atoms with Crippen LogP contribution in [0.1, 0.15) is 18.3 Å². The van der Waals surface area contributed by atoms with E-state index in [0.717, 1.165) is 22.3 Å². The molecule has 8 heteroatoms. The van der Waals surface area contributed by atoms with Gasteiger partial charge in [0.2, 0.25) is 0 Å². The molecule has 2 aromatic heterocycles. The van der Waals surface area contributed by atoms with E-state index in [9.17, 15) is 4.79 Å². The van der Waals surface area contributed by atoms with Gasteiger partial charge in [-0.25, -0.2) is 4.68 Å². The van der Waals surface area contributed by atoms with E-state index in [-0.39, 0.29) is 5.56 Å². The summed E-state index contributed by atoms with van der Waals surface area (Å²) in [6.45, 7) is 2.41. The van der Waals surface area contributed by atoms with Crippen LogP contribution in [0.4, 0.5) is 0 Å². The van der Waals surface area contributed by atoms with Crippen LogP contribution >= 0.6 is 47.8 Å². The van der Waals surface area contributed by atoms with Crippen LogP contribution in [0.2, 0.25) is 0 Å². The molecule has 0 amide bonds. The van der Waals surface area contributed by atoms with E-state index >= 15 is 0 Å². The number of halogens is 3. The molecule has 0 N–H and O–H groups in total. The maximum absolute atomic E-state index is 12.1. The highest BCUT2D eigenvalue weighted by molar-refractivity contribution is 9.13. The highest BCUT2D eigenvalue weighted by atomic mass is 79.9. The molecule has 0 bridgehead atoms. The first-order valence-corrected chi connectivity index (χ1v) is 7.95. The van der Waals surface area contributed by atoms with Gasteiger partial charge in [-0.1, -0.05) is 6.92 Å². The molecule has 0 spiro atoms. The second-order valence-corrected chi connectivity index (χ2v) is 6.39. The van der Waals surface area contributed by atoms with Crippen molar-refractivity contribution < 1.29 is 0 Å². The van der Waals surface area contributed by atoms with E-state index in [1.165, 1.54) is 4.68 Å². The van der Waals surface area contributed by atoms with Crippen molar-refractivity contribution in [1.82, 2.24) is 19.6 Å². The summed E-state index contributed by atoms with van der Waals surface area (Å²) in [6, 6.07) is 0. The first-order chi connectivity index (χ1) is 8.95. The molecule has 0 aliphatic rings. The Morgan fingerprint density at radius 3 is 2.53 bits per heavy atom. The van der Waals surface area contributed by atoms with E-state index in [1.807, 2.05) is 14.0 Å². The van der Waals surface area contributed by atoms with Gasteiger partial charge in [-0.2, -0.15) is 10.2 Å². The lowest BCUT2D eigenvalue weighted by atomic mass is 10.3. The molecule has 0 saturated heterocycles. The van der Waals surface area contributed by atoms with Crippen LogP contribution in [0.3, 0.4) is 0 Å². The van der Waals surface area contributed by atoms with Crippen molar-refractivity contribution in [2.75, 3.05) is 0 Å². The largest absolute Gasteiger partial charge is 0.282 e. The molecule has 2 aromatic rings. The monoisotopic (exact) mass is 452 g/mol. The summed E-state index contributed by atoms with van der Waals surface area (Å²) in [5.74, 6) is 0. The van der Waals surface area contributed by atoms with Crippen LogP contribution in [0, 0.1) is 0 Å². The fourth-order valence-electron chi connectivity index (χ4n) is 1.69. The zero-order valence-electron chi connectivity index (χ0n) is 10.3. The minimum absolute atomic E-state index is 0.180. The molecule has 5 nitrogen and oxygen atoms in total. The Labute approximate surface area is 135 Å². The van der Waals surface area contributed by atoms with E-state index in [1.54, 1.807) is 10.9 Å². The smallest absolute Gasteiger partial charge is 0.269 e. The number of nitrogens with zero attached hydrogens (tertiary/aromatic N) is 4. The topological polar surface area (TPSA) is 52.7 Å². The van der Waals surface area contributed by atoms with Crippen molar-refractivity contribution in [2.24, 2.45) is 7.05 Å². The van der Waals surface area contributed by atoms with Crippen molar-refractivity contribution in [1.29, 1.82) is 0 Å². The second-order valence-electron chi connectivity index (χ2n) is 3.95. The Balaban J connectivity index is 2.45. The lowest BCUT2D eigenvalue weighted by molar-refractivity contribution is 0.585. The summed E-state index contributed by atoms with van der Waals surface area (Å²) in [6.07, 6.45) is 2.43. The molecule has 0 fully saturated rings. The molecule has 0 unspecified atom stereocenters. The van der Waals surface area contributed by atoms with Gasteiger partial charge in [0, 0.05) is 7.05 Å². The molecule has 0 aliphatic heterocycles. The minimum atomic E-state index is -0.180. The SMILES string of the molecule is CCc1nn(C)c(Cn2ncc(Br)c(Br)c2=O)c1Br. The standard InChI is InChI=1S/C11H11Br3N4O/c1-3-7-10(14)8(17(2)16-7)5-18-11(19)9(13)6(12)4-15-18/h4H,3,5H2,1-2H3. The van der Waals surface area contributed by atoms with Gasteiger partial charge in [0.15, 0.2) is 0 Å². The van der Waals surface area contributed by atoms with Crippen molar-refractivity contribution in [3.05, 3.63) is 41.4 Å². The summed E-state index contributed by atoms with van der Waals surface area (Å²) in [4.78, 5) is 12.1. The minimum Gasteiger partial charge on any atom is -0.269 e. The highest BCUT2D eigenvalue weighted by Crippen LogP contribution is 2.22. The molecule has 19 heavy (non-hydrogen) atoms. The third-order valence-corrected chi connectivity index (χ3v) is 5.56. The fraction of sp³-hybridized carbons (Fsp3) is 0.364. The zero-order chi connectivity index (χ0) is 14.2. The Morgan fingerprint density at radius 2 is 1.95 bits per heavy atom. The first kappa shape index (κ1) is 14.9. The zero-order valence-corrected chi connectivity index (χ0v) is 15.1. The van der Waals surface area contributed by atoms with E-state index in [0.29, 0.717) is 15.5 Å². The van der Waals surface area contributed by atoms with Crippen LogP contribution in [-0.2, 0) is 20.0 Å². The average Bonchev–Trinajstić information content (AvgIpc) is 2.66. The third kappa shape index (κ3) is 2.85. The Bertz CT molecular complexity index is 677. The van der Waals surface area contributed by atoms with Crippen molar-refractivity contribution in [2.45, 2.75) is 19.9 Å². The van der Waals surface area contributed by atoms with Gasteiger partial charge in [0.25, 0.3) is 5.56 Å². The first-order valence-electron chi connectivity index (χ1n) is 5.57. The van der Waals surface area contributed by atoms with E-state index in [2.05, 4.69) is 58.0 Å². The lowest BCUT2D eigenvalue weighted by Gasteiger charge is -2.06. The van der Waals surface area contributed by atoms with Gasteiger partial charge < -0.3 is 0 Å². The lowest BCUT2D eigenvalue weighted by Crippen LogP contribution is -2.25. The number of aryl methyl sites for hydroxylation is 2. The van der Waals surface area contributed by atoms with Gasteiger partial charge in [0.1, 0.15) is 4.47 Å². The Hall–Kier alpha value is -0.470. The molecule has 102 valence electrons. The van der Waals surface area contributed by atoms with Gasteiger partial charge in [-0.3, -0.25) is 9.48 Å². The molecule has 0 saturated carbocycles. The number of rotatable bonds is 3. The molecular formula is C11H11Br3N4O. The Morgan fingerprint density at radius 1 is 1.26 bits per heavy atom. The summed E-state index contributed by atoms with van der Waals surface area (Å²) >= 11 is 10.0. The van der Waals surface area contributed by atoms with Crippen LogP contribution in [0.25, 0.3) is 0 Å².